The molecule has 0 saturated carbocycles. The van der Waals surface area contributed by atoms with Gasteiger partial charge in [0, 0.05) is 23.1 Å². The molecule has 0 aliphatic carbocycles. The van der Waals surface area contributed by atoms with E-state index in [0.717, 1.165) is 17.4 Å². The third kappa shape index (κ3) is 6.50. The maximum atomic E-state index is 3.57. The van der Waals surface area contributed by atoms with Crippen molar-refractivity contribution < 1.29 is 0 Å². The van der Waals surface area contributed by atoms with Crippen LogP contribution in [0.3, 0.4) is 0 Å². The standard InChI is InChI=1S/C18H31BrN2/c1-5-7-12-21(15(3)6-2)13-11-18(20-4)16-9-8-10-17(19)14-16/h8-10,14-15,18,20H,5-7,11-13H2,1-4H3. The van der Waals surface area contributed by atoms with E-state index >= 15 is 0 Å². The van der Waals surface area contributed by atoms with Gasteiger partial charge < -0.3 is 10.2 Å². The normalized spacial score (nSPS) is 14.4. The maximum Gasteiger partial charge on any atom is 0.0330 e. The van der Waals surface area contributed by atoms with E-state index in [1.54, 1.807) is 0 Å². The van der Waals surface area contributed by atoms with Crippen LogP contribution >= 0.6 is 15.9 Å². The van der Waals surface area contributed by atoms with Gasteiger partial charge in [-0.05, 0) is 57.5 Å². The summed E-state index contributed by atoms with van der Waals surface area (Å²) in [6.07, 6.45) is 4.95. The van der Waals surface area contributed by atoms with Gasteiger partial charge in [0.2, 0.25) is 0 Å². The lowest BCUT2D eigenvalue weighted by molar-refractivity contribution is 0.191. The molecule has 120 valence electrons. The van der Waals surface area contributed by atoms with Crippen molar-refractivity contribution in [3.8, 4) is 0 Å². The van der Waals surface area contributed by atoms with Gasteiger partial charge in [0.15, 0.2) is 0 Å². The Hall–Kier alpha value is -0.380. The van der Waals surface area contributed by atoms with Crippen LogP contribution < -0.4 is 5.32 Å². The van der Waals surface area contributed by atoms with Gasteiger partial charge in [-0.1, -0.05) is 48.3 Å². The zero-order valence-electron chi connectivity index (χ0n) is 14.0. The fourth-order valence-corrected chi connectivity index (χ4v) is 3.08. The van der Waals surface area contributed by atoms with Crippen molar-refractivity contribution in [2.45, 2.75) is 58.5 Å². The second-order valence-corrected chi connectivity index (χ2v) is 6.75. The summed E-state index contributed by atoms with van der Waals surface area (Å²) < 4.78 is 1.16. The molecule has 0 fully saturated rings. The molecule has 1 N–H and O–H groups in total. The predicted octanol–water partition coefficient (Wildman–Crippen LogP) is 5.00. The molecule has 0 saturated heterocycles. The van der Waals surface area contributed by atoms with Crippen LogP contribution in [0.15, 0.2) is 28.7 Å². The van der Waals surface area contributed by atoms with Crippen molar-refractivity contribution in [1.82, 2.24) is 10.2 Å². The van der Waals surface area contributed by atoms with Gasteiger partial charge in [-0.3, -0.25) is 0 Å². The number of halogens is 1. The summed E-state index contributed by atoms with van der Waals surface area (Å²) in [6, 6.07) is 9.75. The van der Waals surface area contributed by atoms with Gasteiger partial charge in [-0.2, -0.15) is 0 Å². The van der Waals surface area contributed by atoms with E-state index in [0.29, 0.717) is 12.1 Å². The molecule has 0 amide bonds. The third-order valence-electron chi connectivity index (χ3n) is 4.32. The molecule has 0 radical (unpaired) electrons. The van der Waals surface area contributed by atoms with Crippen LogP contribution in [0.4, 0.5) is 0 Å². The van der Waals surface area contributed by atoms with E-state index in [-0.39, 0.29) is 0 Å². The number of hydrogen-bond donors (Lipinski definition) is 1. The first kappa shape index (κ1) is 18.7. The fourth-order valence-electron chi connectivity index (χ4n) is 2.67. The van der Waals surface area contributed by atoms with Crippen molar-refractivity contribution in [3.05, 3.63) is 34.3 Å². The summed E-state index contributed by atoms with van der Waals surface area (Å²) in [6.45, 7) is 9.29. The highest BCUT2D eigenvalue weighted by atomic mass is 79.9. The molecule has 2 nitrogen and oxygen atoms in total. The zero-order chi connectivity index (χ0) is 15.7. The third-order valence-corrected chi connectivity index (χ3v) is 4.81. The summed E-state index contributed by atoms with van der Waals surface area (Å²) in [5, 5.41) is 3.47. The smallest absolute Gasteiger partial charge is 0.0330 e. The van der Waals surface area contributed by atoms with Gasteiger partial charge in [0.1, 0.15) is 0 Å². The molecule has 0 aromatic heterocycles. The van der Waals surface area contributed by atoms with E-state index in [4.69, 9.17) is 0 Å². The minimum absolute atomic E-state index is 0.427. The summed E-state index contributed by atoms with van der Waals surface area (Å²) >= 11 is 3.57. The van der Waals surface area contributed by atoms with Crippen LogP contribution in [-0.2, 0) is 0 Å². The average Bonchev–Trinajstić information content (AvgIpc) is 2.50. The van der Waals surface area contributed by atoms with Crippen molar-refractivity contribution in [3.63, 3.8) is 0 Å². The van der Waals surface area contributed by atoms with Crippen LogP contribution in [0.2, 0.25) is 0 Å². The van der Waals surface area contributed by atoms with Crippen molar-refractivity contribution in [1.29, 1.82) is 0 Å². The van der Waals surface area contributed by atoms with Gasteiger partial charge in [-0.15, -0.1) is 0 Å². The summed E-state index contributed by atoms with van der Waals surface area (Å²) in [7, 11) is 2.06. The molecule has 1 aromatic rings. The van der Waals surface area contributed by atoms with E-state index in [1.807, 2.05) is 0 Å². The Kier molecular flexibility index (Phi) is 9.21. The number of benzene rings is 1. The maximum absolute atomic E-state index is 3.57. The zero-order valence-corrected chi connectivity index (χ0v) is 15.6. The van der Waals surface area contributed by atoms with E-state index < -0.39 is 0 Å². The first-order valence-electron chi connectivity index (χ1n) is 8.29. The Morgan fingerprint density at radius 2 is 2.00 bits per heavy atom. The molecular weight excluding hydrogens is 324 g/mol. The lowest BCUT2D eigenvalue weighted by Crippen LogP contribution is -2.36. The lowest BCUT2D eigenvalue weighted by Gasteiger charge is -2.30. The summed E-state index contributed by atoms with van der Waals surface area (Å²) in [5.74, 6) is 0. The lowest BCUT2D eigenvalue weighted by atomic mass is 10.0. The van der Waals surface area contributed by atoms with Crippen LogP contribution in [0.25, 0.3) is 0 Å². The molecule has 2 unspecified atom stereocenters. The number of rotatable bonds is 10. The Labute approximate surface area is 139 Å². The fraction of sp³-hybridized carbons (Fsp3) is 0.667. The van der Waals surface area contributed by atoms with Gasteiger partial charge in [-0.25, -0.2) is 0 Å². The number of nitrogens with zero attached hydrogens (tertiary/aromatic N) is 1. The molecule has 0 aliphatic rings. The highest BCUT2D eigenvalue weighted by Crippen LogP contribution is 2.21. The summed E-state index contributed by atoms with van der Waals surface area (Å²) in [4.78, 5) is 2.64. The van der Waals surface area contributed by atoms with E-state index in [1.165, 1.54) is 31.4 Å². The van der Waals surface area contributed by atoms with Gasteiger partial charge >= 0.3 is 0 Å². The van der Waals surface area contributed by atoms with Crippen LogP contribution in [0.5, 0.6) is 0 Å². The van der Waals surface area contributed by atoms with Crippen molar-refractivity contribution in [2.24, 2.45) is 0 Å². The highest BCUT2D eigenvalue weighted by molar-refractivity contribution is 9.10. The van der Waals surface area contributed by atoms with Crippen molar-refractivity contribution in [2.75, 3.05) is 20.1 Å². The minimum Gasteiger partial charge on any atom is -0.313 e. The largest absolute Gasteiger partial charge is 0.313 e. The minimum atomic E-state index is 0.427. The monoisotopic (exact) mass is 354 g/mol. The van der Waals surface area contributed by atoms with Gasteiger partial charge in [0.25, 0.3) is 0 Å². The van der Waals surface area contributed by atoms with Crippen LogP contribution in [0, 0.1) is 0 Å². The second-order valence-electron chi connectivity index (χ2n) is 5.83. The first-order chi connectivity index (χ1) is 10.1. The first-order valence-corrected chi connectivity index (χ1v) is 9.08. The van der Waals surface area contributed by atoms with Gasteiger partial charge in [0.05, 0.1) is 0 Å². The Balaban J connectivity index is 2.62. The van der Waals surface area contributed by atoms with Crippen LogP contribution in [-0.4, -0.2) is 31.1 Å². The molecule has 3 heteroatoms. The summed E-state index contributed by atoms with van der Waals surface area (Å²) in [5.41, 5.74) is 1.37. The second kappa shape index (κ2) is 10.4. The SMILES string of the molecule is CCCCN(CCC(NC)c1cccc(Br)c1)C(C)CC. The van der Waals surface area contributed by atoms with E-state index in [9.17, 15) is 0 Å². The molecule has 2 atom stereocenters. The number of hydrogen-bond acceptors (Lipinski definition) is 2. The molecule has 0 spiro atoms. The predicted molar refractivity (Wildman–Crippen MR) is 96.8 cm³/mol. The number of unbranched alkanes of at least 4 members (excludes halogenated alkanes) is 1. The molecule has 1 rings (SSSR count). The molecule has 0 heterocycles. The average molecular weight is 355 g/mol. The molecule has 0 aliphatic heterocycles. The highest BCUT2D eigenvalue weighted by Gasteiger charge is 2.15. The van der Waals surface area contributed by atoms with Crippen molar-refractivity contribution >= 4 is 15.9 Å². The van der Waals surface area contributed by atoms with E-state index in [2.05, 4.69) is 78.2 Å². The topological polar surface area (TPSA) is 15.3 Å². The Morgan fingerprint density at radius 1 is 1.24 bits per heavy atom. The number of nitrogens with one attached hydrogen (secondary N) is 1. The van der Waals surface area contributed by atoms with Crippen LogP contribution in [0.1, 0.15) is 58.1 Å². The molecule has 0 bridgehead atoms. The quantitative estimate of drug-likeness (QED) is 0.635. The molecule has 1 aromatic carbocycles. The Bertz CT molecular complexity index is 395. The molecular formula is C18H31BrN2. The Morgan fingerprint density at radius 3 is 2.57 bits per heavy atom. The molecule has 21 heavy (non-hydrogen) atoms.